The summed E-state index contributed by atoms with van der Waals surface area (Å²) >= 11 is 0. The van der Waals surface area contributed by atoms with Gasteiger partial charge in [-0.25, -0.2) is 13.3 Å². The number of ether oxygens (including phenoxy) is 2. The van der Waals surface area contributed by atoms with E-state index in [1.807, 2.05) is 32.0 Å². The van der Waals surface area contributed by atoms with Crippen molar-refractivity contribution in [3.8, 4) is 5.75 Å². The van der Waals surface area contributed by atoms with Gasteiger partial charge >= 0.3 is 12.2 Å². The zero-order valence-electron chi connectivity index (χ0n) is 21.3. The second kappa shape index (κ2) is 9.94. The molecule has 2 aromatic rings. The van der Waals surface area contributed by atoms with E-state index in [9.17, 15) is 17.8 Å². The fraction of sp³-hybridized carbons (Fsp3) is 0.444. The van der Waals surface area contributed by atoms with Crippen molar-refractivity contribution in [3.63, 3.8) is 0 Å². The molecule has 2 aromatic carbocycles. The molecule has 1 unspecified atom stereocenters. The van der Waals surface area contributed by atoms with Gasteiger partial charge < -0.3 is 14.4 Å². The second-order valence-corrected chi connectivity index (χ2v) is 11.7. The van der Waals surface area contributed by atoms with Gasteiger partial charge in [0.2, 0.25) is 0 Å². The smallest absolute Gasteiger partial charge is 0.410 e. The van der Waals surface area contributed by atoms with Crippen molar-refractivity contribution in [1.29, 1.82) is 0 Å². The van der Waals surface area contributed by atoms with E-state index in [4.69, 9.17) is 4.74 Å². The van der Waals surface area contributed by atoms with Crippen LogP contribution < -0.4 is 4.74 Å². The van der Waals surface area contributed by atoms with Crippen molar-refractivity contribution >= 4 is 22.7 Å². The van der Waals surface area contributed by atoms with Crippen molar-refractivity contribution in [1.82, 2.24) is 9.21 Å². The van der Waals surface area contributed by atoms with E-state index in [0.717, 1.165) is 39.1 Å². The molecule has 0 saturated carbocycles. The number of fused-ring (bicyclic) bond motifs is 1. The lowest BCUT2D eigenvalue weighted by atomic mass is 9.96. The van der Waals surface area contributed by atoms with E-state index in [0.29, 0.717) is 33.1 Å². The van der Waals surface area contributed by atoms with Crippen molar-refractivity contribution in [3.05, 3.63) is 64.7 Å². The van der Waals surface area contributed by atoms with Crippen molar-refractivity contribution in [2.24, 2.45) is 0 Å². The van der Waals surface area contributed by atoms with Gasteiger partial charge in [0.25, 0.3) is 0 Å². The third kappa shape index (κ3) is 6.31. The Morgan fingerprint density at radius 1 is 1.11 bits per heavy atom. The lowest BCUT2D eigenvalue weighted by Crippen LogP contribution is -2.39. The minimum atomic E-state index is -3.24. The standard InChI is InChI=1S/C27H32F2N2O4S/c1-18-14-21(20-10-12-30(13-11-20)25(32)35-26(2,3)4)15-22-17-31(36(33)24(18)22)16-19-6-8-23(9-7-19)34-27(5,28)29/h6-10,14-15H,11-13,16-17H2,1-5H3. The van der Waals surface area contributed by atoms with Crippen molar-refractivity contribution in [2.45, 2.75) is 70.7 Å². The van der Waals surface area contributed by atoms with E-state index in [2.05, 4.69) is 22.9 Å². The minimum absolute atomic E-state index is 0.0866. The van der Waals surface area contributed by atoms with E-state index >= 15 is 0 Å². The van der Waals surface area contributed by atoms with E-state index in [-0.39, 0.29) is 11.8 Å². The lowest BCUT2D eigenvalue weighted by Gasteiger charge is -2.29. The number of aryl methyl sites for hydroxylation is 1. The number of amides is 1. The summed E-state index contributed by atoms with van der Waals surface area (Å²) in [5.41, 5.74) is 4.55. The average molecular weight is 519 g/mol. The molecule has 1 amide bonds. The maximum atomic E-state index is 13.2. The number of hydrogen-bond donors (Lipinski definition) is 0. The van der Waals surface area contributed by atoms with Gasteiger partial charge in [-0.15, -0.1) is 0 Å². The number of carbonyl (C=O) groups is 1. The molecule has 2 heterocycles. The van der Waals surface area contributed by atoms with Gasteiger partial charge in [0.05, 0.1) is 4.90 Å². The fourth-order valence-electron chi connectivity index (χ4n) is 4.39. The zero-order valence-corrected chi connectivity index (χ0v) is 22.1. The highest BCUT2D eigenvalue weighted by Gasteiger charge is 2.30. The first-order chi connectivity index (χ1) is 16.8. The molecule has 0 fully saturated rings. The molecule has 194 valence electrons. The topological polar surface area (TPSA) is 59.1 Å². The monoisotopic (exact) mass is 518 g/mol. The Labute approximate surface area is 213 Å². The van der Waals surface area contributed by atoms with Crippen LogP contribution in [-0.4, -0.2) is 44.3 Å². The van der Waals surface area contributed by atoms with Gasteiger partial charge in [0.15, 0.2) is 0 Å². The highest BCUT2D eigenvalue weighted by molar-refractivity contribution is 7.83. The van der Waals surface area contributed by atoms with Crippen LogP contribution in [-0.2, 0) is 28.8 Å². The van der Waals surface area contributed by atoms with Gasteiger partial charge in [0, 0.05) is 33.1 Å². The number of benzene rings is 2. The summed E-state index contributed by atoms with van der Waals surface area (Å²) in [6, 6.07) is 10.6. The van der Waals surface area contributed by atoms with E-state index in [1.165, 1.54) is 12.1 Å². The molecule has 0 N–H and O–H groups in total. The van der Waals surface area contributed by atoms with Crippen LogP contribution >= 0.6 is 0 Å². The summed E-state index contributed by atoms with van der Waals surface area (Å²) in [7, 11) is -1.31. The van der Waals surface area contributed by atoms with E-state index in [1.54, 1.807) is 17.0 Å². The Morgan fingerprint density at radius 3 is 2.39 bits per heavy atom. The Balaban J connectivity index is 1.44. The first-order valence-corrected chi connectivity index (χ1v) is 13.0. The molecular formula is C27H32F2N2O4S. The van der Waals surface area contributed by atoms with Crippen LogP contribution in [0.15, 0.2) is 47.4 Å². The minimum Gasteiger partial charge on any atom is -0.444 e. The largest absolute Gasteiger partial charge is 0.444 e. The summed E-state index contributed by atoms with van der Waals surface area (Å²) in [6.45, 7) is 10.3. The fourth-order valence-corrected chi connectivity index (χ4v) is 5.85. The predicted octanol–water partition coefficient (Wildman–Crippen LogP) is 6.05. The summed E-state index contributed by atoms with van der Waals surface area (Å²) in [5.74, 6) is 0.0866. The maximum absolute atomic E-state index is 13.2. The highest BCUT2D eigenvalue weighted by Crippen LogP contribution is 2.35. The molecule has 0 spiro atoms. The molecule has 2 aliphatic heterocycles. The van der Waals surface area contributed by atoms with Crippen molar-refractivity contribution in [2.75, 3.05) is 13.1 Å². The molecule has 36 heavy (non-hydrogen) atoms. The molecule has 4 rings (SSSR count). The Bertz CT molecular complexity index is 1200. The van der Waals surface area contributed by atoms with Gasteiger partial charge in [-0.1, -0.05) is 24.3 Å². The van der Waals surface area contributed by atoms with Crippen LogP contribution in [0.5, 0.6) is 5.75 Å². The van der Waals surface area contributed by atoms with Gasteiger partial charge in [0.1, 0.15) is 22.3 Å². The summed E-state index contributed by atoms with van der Waals surface area (Å²) < 4.78 is 51.3. The van der Waals surface area contributed by atoms with Crippen LogP contribution in [0.3, 0.4) is 0 Å². The summed E-state index contributed by atoms with van der Waals surface area (Å²) in [6.07, 6.45) is -0.773. The number of rotatable bonds is 5. The molecular weight excluding hydrogens is 486 g/mol. The number of nitrogens with zero attached hydrogens (tertiary/aromatic N) is 2. The average Bonchev–Trinajstić information content (AvgIpc) is 3.08. The molecule has 0 bridgehead atoms. The van der Waals surface area contributed by atoms with Crippen molar-refractivity contribution < 1.29 is 27.3 Å². The second-order valence-electron chi connectivity index (χ2n) is 10.3. The van der Waals surface area contributed by atoms with Gasteiger partial charge in [-0.3, -0.25) is 0 Å². The summed E-state index contributed by atoms with van der Waals surface area (Å²) in [4.78, 5) is 14.9. The third-order valence-corrected chi connectivity index (χ3v) is 7.58. The number of hydrogen-bond acceptors (Lipinski definition) is 4. The maximum Gasteiger partial charge on any atom is 0.410 e. The van der Waals surface area contributed by atoms with Gasteiger partial charge in [-0.05, 0) is 80.1 Å². The van der Waals surface area contributed by atoms with Crippen LogP contribution in [0.25, 0.3) is 5.57 Å². The third-order valence-electron chi connectivity index (χ3n) is 5.92. The lowest BCUT2D eigenvalue weighted by molar-refractivity contribution is -0.158. The molecule has 0 radical (unpaired) electrons. The molecule has 0 aromatic heterocycles. The number of carbonyl (C=O) groups excluding carboxylic acids is 1. The molecule has 0 saturated heterocycles. The summed E-state index contributed by atoms with van der Waals surface area (Å²) in [5, 5.41) is 0. The predicted molar refractivity (Wildman–Crippen MR) is 135 cm³/mol. The quantitative estimate of drug-likeness (QED) is 0.484. The first-order valence-electron chi connectivity index (χ1n) is 11.9. The SMILES string of the molecule is Cc1cc(C2=CCN(C(=O)OC(C)(C)C)CC2)cc2c1S(=O)N(Cc1ccc(OC(C)(F)F)cc1)C2. The van der Waals surface area contributed by atoms with Crippen LogP contribution in [0.4, 0.5) is 13.6 Å². The highest BCUT2D eigenvalue weighted by atomic mass is 32.2. The Hall–Kier alpha value is -2.78. The Morgan fingerprint density at radius 2 is 1.81 bits per heavy atom. The number of halogens is 2. The van der Waals surface area contributed by atoms with E-state index < -0.39 is 22.7 Å². The van der Waals surface area contributed by atoms with Crippen LogP contribution in [0.2, 0.25) is 0 Å². The molecule has 0 aliphatic carbocycles. The molecule has 2 aliphatic rings. The van der Waals surface area contributed by atoms with Crippen LogP contribution in [0.1, 0.15) is 56.4 Å². The zero-order chi connectivity index (χ0) is 26.3. The number of alkyl halides is 2. The Kier molecular flexibility index (Phi) is 7.26. The van der Waals surface area contributed by atoms with Gasteiger partial charge in [-0.2, -0.15) is 8.78 Å². The molecule has 6 nitrogen and oxygen atoms in total. The molecule has 1 atom stereocenters. The van der Waals surface area contributed by atoms with Crippen LogP contribution in [0, 0.1) is 6.92 Å². The first kappa shape index (κ1) is 26.3. The molecule has 9 heteroatoms. The normalized spacial score (nSPS) is 18.6.